The maximum absolute atomic E-state index is 5.99. The lowest BCUT2D eigenvalue weighted by molar-refractivity contribution is 0.205. The normalized spacial score (nSPS) is 18.5. The molecule has 4 rings (SSSR count). The fourth-order valence-corrected chi connectivity index (χ4v) is 4.90. The largest absolute Gasteiger partial charge is 0.494 e. The molecule has 0 spiro atoms. The molecule has 4 heteroatoms. The lowest BCUT2D eigenvalue weighted by Gasteiger charge is -2.26. The third-order valence-electron chi connectivity index (χ3n) is 6.64. The van der Waals surface area contributed by atoms with Gasteiger partial charge in [0, 0.05) is 25.0 Å². The molecular weight excluding hydrogens is 370 g/mol. The highest BCUT2D eigenvalue weighted by molar-refractivity contribution is 5.61. The minimum atomic E-state index is 0.808. The van der Waals surface area contributed by atoms with Crippen LogP contribution >= 0.6 is 0 Å². The van der Waals surface area contributed by atoms with Crippen LogP contribution in [0.5, 0.6) is 5.75 Å². The number of nitrogens with zero attached hydrogens (tertiary/aromatic N) is 3. The third-order valence-corrected chi connectivity index (χ3v) is 6.64. The van der Waals surface area contributed by atoms with Gasteiger partial charge in [0.25, 0.3) is 0 Å². The van der Waals surface area contributed by atoms with Crippen LogP contribution in [-0.2, 0) is 6.54 Å². The van der Waals surface area contributed by atoms with Gasteiger partial charge in [-0.3, -0.25) is 0 Å². The molecule has 30 heavy (non-hydrogen) atoms. The van der Waals surface area contributed by atoms with Crippen molar-refractivity contribution in [1.82, 2.24) is 14.4 Å². The Balaban J connectivity index is 1.21. The van der Waals surface area contributed by atoms with Crippen molar-refractivity contribution < 1.29 is 4.74 Å². The molecule has 2 aliphatic heterocycles. The van der Waals surface area contributed by atoms with Crippen molar-refractivity contribution in [2.75, 3.05) is 45.9 Å². The van der Waals surface area contributed by atoms with Crippen molar-refractivity contribution in [2.24, 2.45) is 0 Å². The number of hydrogen-bond donors (Lipinski definition) is 0. The fraction of sp³-hybridized carbons (Fsp3) is 0.615. The van der Waals surface area contributed by atoms with Crippen LogP contribution in [0.1, 0.15) is 51.4 Å². The Bertz CT molecular complexity index is 727. The van der Waals surface area contributed by atoms with E-state index in [-0.39, 0.29) is 0 Å². The first-order valence-electron chi connectivity index (χ1n) is 12.2. The molecule has 0 unspecified atom stereocenters. The molecule has 2 aliphatic rings. The van der Waals surface area contributed by atoms with Crippen molar-refractivity contribution in [3.8, 4) is 17.0 Å². The van der Waals surface area contributed by atoms with Crippen LogP contribution in [0.4, 0.5) is 0 Å². The van der Waals surface area contributed by atoms with Gasteiger partial charge in [-0.2, -0.15) is 0 Å². The first-order chi connectivity index (χ1) is 14.9. The molecule has 2 aromatic rings. The van der Waals surface area contributed by atoms with Crippen LogP contribution < -0.4 is 4.74 Å². The minimum absolute atomic E-state index is 0.808. The molecular formula is C26H39N3O. The van der Waals surface area contributed by atoms with E-state index in [0.717, 1.165) is 25.3 Å². The summed E-state index contributed by atoms with van der Waals surface area (Å²) in [4.78, 5) is 5.21. The van der Waals surface area contributed by atoms with Crippen molar-refractivity contribution in [1.29, 1.82) is 0 Å². The highest BCUT2D eigenvalue weighted by Crippen LogP contribution is 2.24. The Morgan fingerprint density at radius 3 is 1.97 bits per heavy atom. The first-order valence-corrected chi connectivity index (χ1v) is 12.2. The summed E-state index contributed by atoms with van der Waals surface area (Å²) in [6, 6.07) is 13.1. The van der Waals surface area contributed by atoms with E-state index in [1.165, 1.54) is 95.5 Å². The van der Waals surface area contributed by atoms with Crippen LogP contribution in [0.15, 0.2) is 42.6 Å². The Morgan fingerprint density at radius 1 is 0.667 bits per heavy atom. The van der Waals surface area contributed by atoms with Crippen LogP contribution in [0, 0.1) is 0 Å². The molecule has 4 nitrogen and oxygen atoms in total. The number of aromatic nitrogens is 1. The van der Waals surface area contributed by atoms with Gasteiger partial charge < -0.3 is 19.1 Å². The predicted molar refractivity (Wildman–Crippen MR) is 125 cm³/mol. The van der Waals surface area contributed by atoms with Gasteiger partial charge in [0.15, 0.2) is 0 Å². The molecule has 0 radical (unpaired) electrons. The summed E-state index contributed by atoms with van der Waals surface area (Å²) in [5.74, 6) is 0.987. The lowest BCUT2D eigenvalue weighted by Crippen LogP contribution is -2.31. The molecule has 0 atom stereocenters. The molecule has 2 saturated heterocycles. The average molecular weight is 410 g/mol. The lowest BCUT2D eigenvalue weighted by atomic mass is 10.1. The van der Waals surface area contributed by atoms with Gasteiger partial charge in [-0.1, -0.05) is 12.8 Å². The molecule has 0 amide bonds. The molecule has 1 aromatic carbocycles. The number of aryl methyl sites for hydroxylation is 1. The number of ether oxygens (including phenoxy) is 1. The van der Waals surface area contributed by atoms with Gasteiger partial charge in [0.1, 0.15) is 5.75 Å². The first kappa shape index (κ1) is 21.5. The smallest absolute Gasteiger partial charge is 0.119 e. The summed E-state index contributed by atoms with van der Waals surface area (Å²) >= 11 is 0. The van der Waals surface area contributed by atoms with E-state index in [4.69, 9.17) is 4.74 Å². The molecule has 164 valence electrons. The summed E-state index contributed by atoms with van der Waals surface area (Å²) in [5, 5.41) is 0. The summed E-state index contributed by atoms with van der Waals surface area (Å²) < 4.78 is 8.39. The molecule has 0 saturated carbocycles. The van der Waals surface area contributed by atoms with E-state index in [9.17, 15) is 0 Å². The molecule has 0 aliphatic carbocycles. The number of rotatable bonds is 10. The zero-order valence-corrected chi connectivity index (χ0v) is 18.6. The number of benzene rings is 1. The van der Waals surface area contributed by atoms with Crippen LogP contribution in [0.3, 0.4) is 0 Å². The Kier molecular flexibility index (Phi) is 8.27. The van der Waals surface area contributed by atoms with Gasteiger partial charge in [0.2, 0.25) is 0 Å². The van der Waals surface area contributed by atoms with Crippen molar-refractivity contribution >= 4 is 0 Å². The summed E-state index contributed by atoms with van der Waals surface area (Å²) in [6.45, 7) is 9.41. The molecule has 3 heterocycles. The van der Waals surface area contributed by atoms with Gasteiger partial charge in [-0.15, -0.1) is 0 Å². The second kappa shape index (κ2) is 11.6. The Hall–Kier alpha value is -1.78. The zero-order chi connectivity index (χ0) is 20.4. The van der Waals surface area contributed by atoms with Crippen molar-refractivity contribution in [2.45, 2.75) is 57.9 Å². The fourth-order valence-electron chi connectivity index (χ4n) is 4.90. The second-order valence-corrected chi connectivity index (χ2v) is 8.97. The Labute approximate surface area is 182 Å². The van der Waals surface area contributed by atoms with Crippen LogP contribution in [0.2, 0.25) is 0 Å². The Morgan fingerprint density at radius 2 is 1.30 bits per heavy atom. The summed E-state index contributed by atoms with van der Waals surface area (Å²) in [5.41, 5.74) is 2.59. The molecule has 0 bridgehead atoms. The molecule has 0 N–H and O–H groups in total. The average Bonchev–Trinajstić information content (AvgIpc) is 3.27. The standard InChI is InChI=1S/C26H39N3O/c1-3-15-27(16-4-1)19-8-22-29-21-7-10-26(29)24-11-13-25(14-12-24)30-23-9-20-28-17-5-2-6-18-28/h7,10-14,21H,1-6,8-9,15-20,22-23H2. The number of hydrogen-bond acceptors (Lipinski definition) is 3. The number of likely N-dealkylation sites (tertiary alicyclic amines) is 2. The number of piperidine rings is 2. The van der Waals surface area contributed by atoms with Crippen molar-refractivity contribution in [3.63, 3.8) is 0 Å². The monoisotopic (exact) mass is 409 g/mol. The van der Waals surface area contributed by atoms with E-state index in [0.29, 0.717) is 0 Å². The highest BCUT2D eigenvalue weighted by atomic mass is 16.5. The summed E-state index contributed by atoms with van der Waals surface area (Å²) in [7, 11) is 0. The third kappa shape index (κ3) is 6.36. The minimum Gasteiger partial charge on any atom is -0.494 e. The molecule has 2 fully saturated rings. The van der Waals surface area contributed by atoms with E-state index in [1.807, 2.05) is 0 Å². The maximum atomic E-state index is 5.99. The highest BCUT2D eigenvalue weighted by Gasteiger charge is 2.11. The summed E-state index contributed by atoms with van der Waals surface area (Å²) in [6.07, 6.45) is 12.9. The second-order valence-electron chi connectivity index (χ2n) is 8.97. The van der Waals surface area contributed by atoms with E-state index in [2.05, 4.69) is 57.0 Å². The topological polar surface area (TPSA) is 20.6 Å². The molecule has 1 aromatic heterocycles. The quantitative estimate of drug-likeness (QED) is 0.498. The predicted octanol–water partition coefficient (Wildman–Crippen LogP) is 5.29. The SMILES string of the molecule is c1cc(-c2ccc(OCCCN3CCCCC3)cc2)n(CCCN2CCCCC2)c1. The van der Waals surface area contributed by atoms with Gasteiger partial charge in [-0.25, -0.2) is 0 Å². The van der Waals surface area contributed by atoms with Gasteiger partial charge in [0.05, 0.1) is 6.61 Å². The van der Waals surface area contributed by atoms with Crippen molar-refractivity contribution in [3.05, 3.63) is 42.6 Å². The van der Waals surface area contributed by atoms with Crippen LogP contribution in [0.25, 0.3) is 11.3 Å². The van der Waals surface area contributed by atoms with Crippen LogP contribution in [-0.4, -0.2) is 60.2 Å². The maximum Gasteiger partial charge on any atom is 0.119 e. The zero-order valence-electron chi connectivity index (χ0n) is 18.6. The van der Waals surface area contributed by atoms with E-state index < -0.39 is 0 Å². The van der Waals surface area contributed by atoms with E-state index in [1.54, 1.807) is 0 Å². The van der Waals surface area contributed by atoms with E-state index >= 15 is 0 Å². The van der Waals surface area contributed by atoms with Gasteiger partial charge >= 0.3 is 0 Å². The van der Waals surface area contributed by atoms with Gasteiger partial charge in [-0.05, 0) is 113 Å².